The summed E-state index contributed by atoms with van der Waals surface area (Å²) in [6, 6.07) is -1.44. The van der Waals surface area contributed by atoms with Gasteiger partial charge in [0.25, 0.3) is 0 Å². The van der Waals surface area contributed by atoms with Crippen molar-refractivity contribution in [2.45, 2.75) is 18.4 Å². The Morgan fingerprint density at radius 1 is 1.24 bits per heavy atom. The topological polar surface area (TPSA) is 198 Å². The molecule has 4 rings (SSSR count). The molecule has 2 heterocycles. The Morgan fingerprint density at radius 2 is 1.95 bits per heavy atom. The molecule has 0 aliphatic carbocycles. The van der Waals surface area contributed by atoms with Crippen LogP contribution in [-0.2, 0) is 11.2 Å². The number of hydrogen-bond donors (Lipinski definition) is 7. The van der Waals surface area contributed by atoms with E-state index in [0.717, 1.165) is 6.07 Å². The number of benzene rings is 2. The van der Waals surface area contributed by atoms with Crippen molar-refractivity contribution in [3.05, 3.63) is 51.5 Å². The number of rotatable bonds is 5. The van der Waals surface area contributed by atoms with Gasteiger partial charge in [-0.3, -0.25) is 4.79 Å². The number of carboxylic acids is 1. The number of nitrogens with one attached hydrogen (secondary N) is 3. The molecule has 2 aliphatic rings. The molecule has 0 aromatic heterocycles. The molecule has 38 heavy (non-hydrogen) atoms. The Kier molecular flexibility index (Phi) is 7.19. The molecule has 2 atom stereocenters. The van der Waals surface area contributed by atoms with E-state index >= 15 is 0 Å². The van der Waals surface area contributed by atoms with E-state index in [0.29, 0.717) is 11.0 Å². The van der Waals surface area contributed by atoms with E-state index < -0.39 is 88.1 Å². The third-order valence-electron chi connectivity index (χ3n) is 5.88. The van der Waals surface area contributed by atoms with E-state index in [4.69, 9.17) is 16.3 Å². The molecule has 7 N–H and O–H groups in total. The summed E-state index contributed by atoms with van der Waals surface area (Å²) in [6.07, 6.45) is -0.269. The number of phenolic OH excluding ortho intramolecular Hbond substituents is 2. The van der Waals surface area contributed by atoms with Crippen LogP contribution < -0.4 is 20.6 Å². The van der Waals surface area contributed by atoms with Gasteiger partial charge in [0.05, 0.1) is 11.0 Å². The molecule has 2 aliphatic heterocycles. The molecule has 1 fully saturated rings. The standard InChI is InChI=1S/C21H18BClF2N4O9/c23-14-12(9(25)6-10(30)16(14)31)15(28-21(36)29-4-3-26-20(29)35)18(32)27-11-5-7-1-2-8(24)13(19(33)34)17(7)38-22(11)37/h1-2,6,11,15,30-31,37H,3-5H2,(H,26,35)(H,27,32)(H,28,36)(H,33,34)/t11-,15+/m0/s1. The van der Waals surface area contributed by atoms with Crippen LogP contribution in [0.1, 0.15) is 27.5 Å². The highest BCUT2D eigenvalue weighted by Gasteiger charge is 2.41. The zero-order valence-corrected chi connectivity index (χ0v) is 19.8. The number of phenols is 2. The highest BCUT2D eigenvalue weighted by Crippen LogP contribution is 2.40. The van der Waals surface area contributed by atoms with E-state index in [9.17, 15) is 48.3 Å². The maximum absolute atomic E-state index is 14.9. The third kappa shape index (κ3) is 4.82. The number of amides is 5. The van der Waals surface area contributed by atoms with Gasteiger partial charge >= 0.3 is 25.1 Å². The number of carboxylic acid groups (broad SMARTS) is 1. The van der Waals surface area contributed by atoms with Crippen molar-refractivity contribution < 1.29 is 53.0 Å². The van der Waals surface area contributed by atoms with Gasteiger partial charge in [0.15, 0.2) is 11.5 Å². The molecule has 0 radical (unpaired) electrons. The Bertz CT molecular complexity index is 1360. The average molecular weight is 555 g/mol. The second-order valence-corrected chi connectivity index (χ2v) is 8.64. The van der Waals surface area contributed by atoms with Crippen molar-refractivity contribution >= 4 is 42.7 Å². The van der Waals surface area contributed by atoms with Crippen molar-refractivity contribution in [3.8, 4) is 17.2 Å². The minimum Gasteiger partial charge on any atom is -0.534 e. The van der Waals surface area contributed by atoms with E-state index in [2.05, 4.69) is 16.0 Å². The lowest BCUT2D eigenvalue weighted by atomic mass is 9.72. The molecule has 200 valence electrons. The largest absolute Gasteiger partial charge is 0.547 e. The fourth-order valence-corrected chi connectivity index (χ4v) is 4.33. The summed E-state index contributed by atoms with van der Waals surface area (Å²) in [7, 11) is -1.90. The van der Waals surface area contributed by atoms with Crippen molar-refractivity contribution in [1.82, 2.24) is 20.9 Å². The van der Waals surface area contributed by atoms with Crippen molar-refractivity contribution in [2.24, 2.45) is 0 Å². The Morgan fingerprint density at radius 3 is 2.58 bits per heavy atom. The predicted molar refractivity (Wildman–Crippen MR) is 124 cm³/mol. The monoisotopic (exact) mass is 554 g/mol. The van der Waals surface area contributed by atoms with Gasteiger partial charge in [-0.05, 0) is 18.1 Å². The molecule has 2 aromatic rings. The van der Waals surface area contributed by atoms with Gasteiger partial charge in [-0.15, -0.1) is 0 Å². The molecule has 17 heteroatoms. The van der Waals surface area contributed by atoms with Crippen LogP contribution in [0.4, 0.5) is 18.4 Å². The van der Waals surface area contributed by atoms with Crippen LogP contribution in [0.2, 0.25) is 5.02 Å². The second-order valence-electron chi connectivity index (χ2n) is 8.26. The normalized spacial score (nSPS) is 17.3. The number of nitrogens with zero attached hydrogens (tertiary/aromatic N) is 1. The van der Waals surface area contributed by atoms with Gasteiger partial charge in [0.2, 0.25) is 5.91 Å². The van der Waals surface area contributed by atoms with Crippen LogP contribution in [0.3, 0.4) is 0 Å². The van der Waals surface area contributed by atoms with Gasteiger partial charge in [-0.1, -0.05) is 17.7 Å². The molecule has 0 saturated carbocycles. The second kappa shape index (κ2) is 10.2. The summed E-state index contributed by atoms with van der Waals surface area (Å²) in [5, 5.41) is 45.3. The number of urea groups is 2. The maximum atomic E-state index is 14.9. The lowest BCUT2D eigenvalue weighted by molar-refractivity contribution is -0.123. The molecule has 0 unspecified atom stereocenters. The van der Waals surface area contributed by atoms with Gasteiger partial charge < -0.3 is 40.9 Å². The fourth-order valence-electron chi connectivity index (χ4n) is 4.04. The van der Waals surface area contributed by atoms with Gasteiger partial charge in [0, 0.05) is 24.7 Å². The van der Waals surface area contributed by atoms with Crippen LogP contribution in [0, 0.1) is 11.6 Å². The Hall–Kier alpha value is -4.31. The highest BCUT2D eigenvalue weighted by atomic mass is 35.5. The van der Waals surface area contributed by atoms with Crippen LogP contribution in [0.5, 0.6) is 17.2 Å². The Labute approximate surface area is 217 Å². The zero-order valence-electron chi connectivity index (χ0n) is 19.0. The number of halogens is 3. The zero-order chi connectivity index (χ0) is 27.9. The summed E-state index contributed by atoms with van der Waals surface area (Å²) >= 11 is 5.98. The van der Waals surface area contributed by atoms with E-state index in [-0.39, 0.29) is 25.1 Å². The lowest BCUT2D eigenvalue weighted by Gasteiger charge is -2.31. The van der Waals surface area contributed by atoms with Gasteiger partial charge in [-0.25, -0.2) is 28.1 Å². The summed E-state index contributed by atoms with van der Waals surface area (Å²) in [4.78, 5) is 50.0. The molecule has 0 spiro atoms. The molecule has 13 nitrogen and oxygen atoms in total. The summed E-state index contributed by atoms with van der Waals surface area (Å²) in [6.45, 7) is 0.0344. The first-order valence-electron chi connectivity index (χ1n) is 10.9. The van der Waals surface area contributed by atoms with E-state index in [1.54, 1.807) is 0 Å². The molecular formula is C21H18BClF2N4O9. The number of fused-ring (bicyclic) bond motifs is 1. The average Bonchev–Trinajstić information content (AvgIpc) is 3.28. The number of hydrogen-bond acceptors (Lipinski definition) is 8. The van der Waals surface area contributed by atoms with E-state index in [1.807, 2.05) is 0 Å². The van der Waals surface area contributed by atoms with Gasteiger partial charge in [-0.2, -0.15) is 0 Å². The van der Waals surface area contributed by atoms with Crippen LogP contribution in [0.25, 0.3) is 0 Å². The molecule has 2 aromatic carbocycles. The highest BCUT2D eigenvalue weighted by molar-refractivity contribution is 6.47. The maximum Gasteiger partial charge on any atom is 0.547 e. The van der Waals surface area contributed by atoms with Crippen LogP contribution in [0.15, 0.2) is 18.2 Å². The SMILES string of the molecule is O=C(O)c1c(F)ccc2c1OB(O)[C@@H](NC(=O)[C@H](NC(=O)N1CCNC1=O)c1c(F)cc(O)c(O)c1Cl)C2. The fraction of sp³-hybridized carbons (Fsp3) is 0.238. The molecule has 1 saturated heterocycles. The third-order valence-corrected chi connectivity index (χ3v) is 6.26. The first-order chi connectivity index (χ1) is 17.9. The van der Waals surface area contributed by atoms with Crippen LogP contribution in [-0.4, -0.2) is 75.3 Å². The number of carbonyl (C=O) groups is 4. The lowest BCUT2D eigenvalue weighted by Crippen LogP contribution is -2.56. The van der Waals surface area contributed by atoms with E-state index in [1.165, 1.54) is 6.07 Å². The minimum atomic E-state index is -2.01. The summed E-state index contributed by atoms with van der Waals surface area (Å²) in [5.74, 6) is -8.97. The quantitative estimate of drug-likeness (QED) is 0.205. The number of imide groups is 1. The molecule has 5 amide bonds. The predicted octanol–water partition coefficient (Wildman–Crippen LogP) is 0.643. The number of aromatic carboxylic acids is 1. The van der Waals surface area contributed by atoms with Crippen molar-refractivity contribution in [2.75, 3.05) is 13.1 Å². The number of aromatic hydroxyl groups is 2. The Balaban J connectivity index is 1.66. The summed E-state index contributed by atoms with van der Waals surface area (Å²) in [5.41, 5.74) is -1.48. The van der Waals surface area contributed by atoms with Gasteiger partial charge in [0.1, 0.15) is 29.0 Å². The van der Waals surface area contributed by atoms with Crippen molar-refractivity contribution in [1.29, 1.82) is 0 Å². The molecular weight excluding hydrogens is 537 g/mol. The van der Waals surface area contributed by atoms with Crippen LogP contribution >= 0.6 is 11.6 Å². The molecule has 0 bridgehead atoms. The first-order valence-corrected chi connectivity index (χ1v) is 11.2. The summed E-state index contributed by atoms with van der Waals surface area (Å²) < 4.78 is 34.0. The minimum absolute atomic E-state index is 0.0789. The first kappa shape index (κ1) is 26.7. The van der Waals surface area contributed by atoms with Crippen molar-refractivity contribution in [3.63, 3.8) is 0 Å². The number of carbonyl (C=O) groups excluding carboxylic acids is 3. The smallest absolute Gasteiger partial charge is 0.534 e.